The number of nitrogens with zero attached hydrogens (tertiary/aromatic N) is 2. The molecule has 0 fully saturated rings. The van der Waals surface area contributed by atoms with Gasteiger partial charge in [0.2, 0.25) is 0 Å². The first-order valence-electron chi connectivity index (χ1n) is 5.96. The zero-order valence-corrected chi connectivity index (χ0v) is 10.6. The van der Waals surface area contributed by atoms with E-state index in [2.05, 4.69) is 4.98 Å². The van der Waals surface area contributed by atoms with Gasteiger partial charge in [-0.15, -0.1) is 0 Å². The lowest BCUT2D eigenvalue weighted by atomic mass is 10.2. The molecule has 0 saturated heterocycles. The molecule has 1 aromatic carbocycles. The van der Waals surface area contributed by atoms with Crippen LogP contribution in [0.15, 0.2) is 42.7 Å². The molecule has 0 unspecified atom stereocenters. The summed E-state index contributed by atoms with van der Waals surface area (Å²) in [4.78, 5) is 24.9. The molecule has 2 aromatic rings. The van der Waals surface area contributed by atoms with Gasteiger partial charge in [-0.25, -0.2) is 0 Å². The monoisotopic (exact) mass is 272 g/mol. The fourth-order valence-corrected chi connectivity index (χ4v) is 1.72. The molecular formula is C14H12N2O4. The van der Waals surface area contributed by atoms with Crippen LogP contribution >= 0.6 is 0 Å². The minimum atomic E-state index is -0.594. The highest BCUT2D eigenvalue weighted by atomic mass is 16.6. The van der Waals surface area contributed by atoms with Gasteiger partial charge in [-0.1, -0.05) is 6.07 Å². The van der Waals surface area contributed by atoms with E-state index in [4.69, 9.17) is 4.74 Å². The van der Waals surface area contributed by atoms with Crippen LogP contribution in [0.2, 0.25) is 0 Å². The highest BCUT2D eigenvalue weighted by Crippen LogP contribution is 2.22. The summed E-state index contributed by atoms with van der Waals surface area (Å²) in [7, 11) is 0. The molecule has 6 heteroatoms. The molecule has 1 aromatic heterocycles. The van der Waals surface area contributed by atoms with Gasteiger partial charge in [0.25, 0.3) is 5.69 Å². The third-order valence-electron chi connectivity index (χ3n) is 2.70. The molecule has 0 radical (unpaired) electrons. The summed E-state index contributed by atoms with van der Waals surface area (Å²) >= 11 is 0. The van der Waals surface area contributed by atoms with E-state index in [-0.39, 0.29) is 11.3 Å². The number of nitro benzene ring substituents is 1. The van der Waals surface area contributed by atoms with E-state index in [0.29, 0.717) is 25.1 Å². The van der Waals surface area contributed by atoms with Gasteiger partial charge >= 0.3 is 0 Å². The van der Waals surface area contributed by atoms with Gasteiger partial charge in [0.1, 0.15) is 5.75 Å². The maximum Gasteiger partial charge on any atom is 0.280 e. The Morgan fingerprint density at radius 3 is 2.85 bits per heavy atom. The Morgan fingerprint density at radius 1 is 1.35 bits per heavy atom. The predicted molar refractivity (Wildman–Crippen MR) is 71.9 cm³/mol. The van der Waals surface area contributed by atoms with E-state index >= 15 is 0 Å². The van der Waals surface area contributed by atoms with Crippen LogP contribution in [0, 0.1) is 10.1 Å². The summed E-state index contributed by atoms with van der Waals surface area (Å²) in [5.41, 5.74) is 0.818. The van der Waals surface area contributed by atoms with Crippen LogP contribution in [0.4, 0.5) is 5.69 Å². The summed E-state index contributed by atoms with van der Waals surface area (Å²) < 4.78 is 5.48. The van der Waals surface area contributed by atoms with E-state index in [1.54, 1.807) is 12.4 Å². The van der Waals surface area contributed by atoms with Crippen molar-refractivity contribution in [3.63, 3.8) is 0 Å². The Labute approximate surface area is 115 Å². The number of aromatic nitrogens is 1. The van der Waals surface area contributed by atoms with Crippen molar-refractivity contribution in [2.45, 2.75) is 6.42 Å². The van der Waals surface area contributed by atoms with Crippen molar-refractivity contribution < 1.29 is 14.5 Å². The van der Waals surface area contributed by atoms with Gasteiger partial charge in [-0.05, 0) is 23.8 Å². The molecule has 102 valence electrons. The lowest BCUT2D eigenvalue weighted by Crippen LogP contribution is -2.02. The van der Waals surface area contributed by atoms with Gasteiger partial charge < -0.3 is 4.74 Å². The van der Waals surface area contributed by atoms with E-state index in [0.717, 1.165) is 5.56 Å². The number of hydrogen-bond donors (Lipinski definition) is 0. The highest BCUT2D eigenvalue weighted by molar-refractivity contribution is 5.82. The summed E-state index contributed by atoms with van der Waals surface area (Å²) in [5, 5.41) is 10.7. The van der Waals surface area contributed by atoms with Crippen molar-refractivity contribution in [2.75, 3.05) is 6.61 Å². The summed E-state index contributed by atoms with van der Waals surface area (Å²) in [6, 6.07) is 7.89. The molecule has 0 spiro atoms. The summed E-state index contributed by atoms with van der Waals surface area (Å²) in [6.45, 7) is 0.405. The summed E-state index contributed by atoms with van der Waals surface area (Å²) in [6.07, 6.45) is 4.56. The standard InChI is InChI=1S/C14H12N2O4/c17-10-12-8-13(3-4-14(12)16(18)19)20-7-5-11-2-1-6-15-9-11/h1-4,6,8-10H,5,7H2. The van der Waals surface area contributed by atoms with Crippen molar-refractivity contribution in [2.24, 2.45) is 0 Å². The zero-order valence-electron chi connectivity index (χ0n) is 10.6. The molecule has 0 aliphatic rings. The minimum Gasteiger partial charge on any atom is -0.493 e. The van der Waals surface area contributed by atoms with Crippen LogP contribution < -0.4 is 4.74 Å². The normalized spacial score (nSPS) is 10.0. The Morgan fingerprint density at radius 2 is 2.20 bits per heavy atom. The Balaban J connectivity index is 2.00. The number of aldehydes is 1. The lowest BCUT2D eigenvalue weighted by Gasteiger charge is -2.06. The van der Waals surface area contributed by atoms with Crippen LogP contribution in [0.25, 0.3) is 0 Å². The number of benzene rings is 1. The fraction of sp³-hybridized carbons (Fsp3) is 0.143. The number of hydrogen-bond acceptors (Lipinski definition) is 5. The molecular weight excluding hydrogens is 260 g/mol. The molecule has 0 aliphatic carbocycles. The zero-order chi connectivity index (χ0) is 14.4. The molecule has 0 N–H and O–H groups in total. The maximum atomic E-state index is 10.8. The smallest absolute Gasteiger partial charge is 0.280 e. The van der Waals surface area contributed by atoms with E-state index < -0.39 is 4.92 Å². The average Bonchev–Trinajstić information content (AvgIpc) is 2.48. The van der Waals surface area contributed by atoms with Crippen molar-refractivity contribution in [1.29, 1.82) is 0 Å². The number of pyridine rings is 1. The van der Waals surface area contributed by atoms with Crippen LogP contribution in [0.5, 0.6) is 5.75 Å². The third-order valence-corrected chi connectivity index (χ3v) is 2.70. The van der Waals surface area contributed by atoms with Crippen LogP contribution in [-0.2, 0) is 6.42 Å². The van der Waals surface area contributed by atoms with Crippen molar-refractivity contribution in [3.8, 4) is 5.75 Å². The Kier molecular flexibility index (Phi) is 4.39. The molecule has 0 amide bonds. The predicted octanol–water partition coefficient (Wildman–Crippen LogP) is 2.42. The van der Waals surface area contributed by atoms with Gasteiger partial charge in [0.05, 0.1) is 17.1 Å². The Hall–Kier alpha value is -2.76. The van der Waals surface area contributed by atoms with Crippen LogP contribution in [0.3, 0.4) is 0 Å². The quantitative estimate of drug-likeness (QED) is 0.458. The number of carbonyl (C=O) groups is 1. The minimum absolute atomic E-state index is 0.00822. The summed E-state index contributed by atoms with van der Waals surface area (Å²) in [5.74, 6) is 0.432. The number of rotatable bonds is 6. The first kappa shape index (κ1) is 13.7. The van der Waals surface area contributed by atoms with Gasteiger partial charge in [0.15, 0.2) is 6.29 Å². The molecule has 0 saturated carbocycles. The average molecular weight is 272 g/mol. The molecule has 0 aliphatic heterocycles. The molecule has 1 heterocycles. The lowest BCUT2D eigenvalue weighted by molar-refractivity contribution is -0.385. The topological polar surface area (TPSA) is 82.3 Å². The van der Waals surface area contributed by atoms with Crippen molar-refractivity contribution in [1.82, 2.24) is 4.98 Å². The first-order valence-corrected chi connectivity index (χ1v) is 5.96. The number of nitro groups is 1. The number of carbonyl (C=O) groups excluding carboxylic acids is 1. The molecule has 2 rings (SSSR count). The largest absolute Gasteiger partial charge is 0.493 e. The van der Waals surface area contributed by atoms with E-state index in [1.807, 2.05) is 12.1 Å². The SMILES string of the molecule is O=Cc1cc(OCCc2cccnc2)ccc1[N+](=O)[O-]. The first-order chi connectivity index (χ1) is 9.70. The van der Waals surface area contributed by atoms with Crippen LogP contribution in [0.1, 0.15) is 15.9 Å². The van der Waals surface area contributed by atoms with E-state index in [9.17, 15) is 14.9 Å². The van der Waals surface area contributed by atoms with E-state index in [1.165, 1.54) is 18.2 Å². The highest BCUT2D eigenvalue weighted by Gasteiger charge is 2.13. The molecule has 20 heavy (non-hydrogen) atoms. The molecule has 0 atom stereocenters. The fourth-order valence-electron chi connectivity index (χ4n) is 1.72. The second-order valence-corrected chi connectivity index (χ2v) is 4.06. The third kappa shape index (κ3) is 3.38. The Bertz CT molecular complexity index is 614. The van der Waals surface area contributed by atoms with Crippen LogP contribution in [-0.4, -0.2) is 22.8 Å². The second-order valence-electron chi connectivity index (χ2n) is 4.06. The van der Waals surface area contributed by atoms with Gasteiger partial charge in [-0.2, -0.15) is 0 Å². The van der Waals surface area contributed by atoms with Gasteiger partial charge in [-0.3, -0.25) is 19.9 Å². The van der Waals surface area contributed by atoms with Crippen molar-refractivity contribution >= 4 is 12.0 Å². The maximum absolute atomic E-state index is 10.8. The number of ether oxygens (including phenoxy) is 1. The van der Waals surface area contributed by atoms with Crippen molar-refractivity contribution in [3.05, 3.63) is 64.0 Å². The molecule has 0 bridgehead atoms. The molecule has 6 nitrogen and oxygen atoms in total. The van der Waals surface area contributed by atoms with Gasteiger partial charge in [0, 0.05) is 24.9 Å². The second kappa shape index (κ2) is 6.42.